The highest BCUT2D eigenvalue weighted by Gasteiger charge is 2.47. The molecule has 1 atom stereocenters. The van der Waals surface area contributed by atoms with Gasteiger partial charge in [0.1, 0.15) is 6.04 Å². The van der Waals surface area contributed by atoms with E-state index in [0.29, 0.717) is 19.6 Å². The van der Waals surface area contributed by atoms with E-state index in [1.165, 1.54) is 0 Å². The largest absolute Gasteiger partial charge is 0.386 e. The Hall–Kier alpha value is -1.10. The van der Waals surface area contributed by atoms with E-state index >= 15 is 0 Å². The van der Waals surface area contributed by atoms with Crippen molar-refractivity contribution in [1.82, 2.24) is 9.80 Å². The molecule has 0 bridgehead atoms. The van der Waals surface area contributed by atoms with Crippen LogP contribution in [0, 0.1) is 5.41 Å². The molecule has 120 valence electrons. The Labute approximate surface area is 127 Å². The van der Waals surface area contributed by atoms with Gasteiger partial charge in [0, 0.05) is 12.0 Å². The van der Waals surface area contributed by atoms with E-state index in [9.17, 15) is 14.7 Å². The van der Waals surface area contributed by atoms with E-state index in [1.54, 1.807) is 9.80 Å². The second-order valence-electron chi connectivity index (χ2n) is 7.58. The van der Waals surface area contributed by atoms with Gasteiger partial charge in [-0.25, -0.2) is 0 Å². The van der Waals surface area contributed by atoms with Crippen molar-refractivity contribution in [1.29, 1.82) is 0 Å². The molecule has 0 aromatic carbocycles. The standard InChI is InChI=1S/C16H28N2O3/c1-5-8-16(21)10-17(11-16)13(19)12-7-6-9-18(12)14(20)15(2,3)4/h12,21H,5-11H2,1-4H3. The molecule has 0 aromatic rings. The Morgan fingerprint density at radius 1 is 1.29 bits per heavy atom. The van der Waals surface area contributed by atoms with E-state index in [4.69, 9.17) is 0 Å². The Balaban J connectivity index is 1.98. The van der Waals surface area contributed by atoms with Crippen molar-refractivity contribution in [2.45, 2.75) is 65.0 Å². The SMILES string of the molecule is CCCC1(O)CN(C(=O)C2CCCN2C(=O)C(C)(C)C)C1. The van der Waals surface area contributed by atoms with Crippen LogP contribution in [0.1, 0.15) is 53.4 Å². The summed E-state index contributed by atoms with van der Waals surface area (Å²) >= 11 is 0. The number of aliphatic hydroxyl groups is 1. The van der Waals surface area contributed by atoms with Gasteiger partial charge in [-0.3, -0.25) is 9.59 Å². The number of rotatable bonds is 3. The van der Waals surface area contributed by atoms with Crippen LogP contribution in [-0.4, -0.2) is 58.0 Å². The van der Waals surface area contributed by atoms with Gasteiger partial charge in [-0.05, 0) is 19.3 Å². The molecule has 1 N–H and O–H groups in total. The van der Waals surface area contributed by atoms with Gasteiger partial charge in [0.15, 0.2) is 0 Å². The second kappa shape index (κ2) is 5.59. The fourth-order valence-corrected chi connectivity index (χ4v) is 3.35. The third kappa shape index (κ3) is 3.23. The average Bonchev–Trinajstić information content (AvgIpc) is 2.82. The number of carbonyl (C=O) groups is 2. The number of nitrogens with zero attached hydrogens (tertiary/aromatic N) is 2. The van der Waals surface area contributed by atoms with Gasteiger partial charge in [0.25, 0.3) is 0 Å². The van der Waals surface area contributed by atoms with Crippen molar-refractivity contribution < 1.29 is 14.7 Å². The first-order chi connectivity index (χ1) is 9.68. The molecule has 2 heterocycles. The Kier molecular flexibility index (Phi) is 4.34. The Morgan fingerprint density at radius 2 is 1.90 bits per heavy atom. The molecular weight excluding hydrogens is 268 g/mol. The number of β-amino-alcohol motifs (C(OH)–C–C–N with tert-alkyl or cyclic N) is 1. The molecule has 0 aliphatic carbocycles. The molecule has 5 heteroatoms. The average molecular weight is 296 g/mol. The molecule has 5 nitrogen and oxygen atoms in total. The molecule has 2 amide bonds. The minimum absolute atomic E-state index is 0.00544. The molecule has 0 aromatic heterocycles. The zero-order valence-electron chi connectivity index (χ0n) is 13.7. The normalized spacial score (nSPS) is 24.9. The number of amides is 2. The summed E-state index contributed by atoms with van der Waals surface area (Å²) in [6, 6.07) is -0.331. The zero-order valence-corrected chi connectivity index (χ0v) is 13.7. The van der Waals surface area contributed by atoms with Gasteiger partial charge in [-0.2, -0.15) is 0 Å². The molecule has 2 aliphatic rings. The predicted molar refractivity (Wildman–Crippen MR) is 80.6 cm³/mol. The lowest BCUT2D eigenvalue weighted by molar-refractivity contribution is -0.164. The van der Waals surface area contributed by atoms with Gasteiger partial charge in [0.05, 0.1) is 18.7 Å². The van der Waals surface area contributed by atoms with Gasteiger partial charge >= 0.3 is 0 Å². The molecular formula is C16H28N2O3. The van der Waals surface area contributed by atoms with Crippen molar-refractivity contribution in [3.8, 4) is 0 Å². The maximum absolute atomic E-state index is 12.6. The number of hydrogen-bond donors (Lipinski definition) is 1. The highest BCUT2D eigenvalue weighted by molar-refractivity contribution is 5.90. The summed E-state index contributed by atoms with van der Waals surface area (Å²) in [5.74, 6) is 0.0496. The van der Waals surface area contributed by atoms with Crippen molar-refractivity contribution >= 4 is 11.8 Å². The third-order valence-corrected chi connectivity index (χ3v) is 4.44. The van der Waals surface area contributed by atoms with Gasteiger partial charge in [-0.15, -0.1) is 0 Å². The molecule has 0 radical (unpaired) electrons. The summed E-state index contributed by atoms with van der Waals surface area (Å²) in [6.07, 6.45) is 3.26. The number of carbonyl (C=O) groups excluding carboxylic acids is 2. The first kappa shape index (κ1) is 16.3. The smallest absolute Gasteiger partial charge is 0.245 e. The van der Waals surface area contributed by atoms with Crippen LogP contribution in [0.5, 0.6) is 0 Å². The second-order valence-corrected chi connectivity index (χ2v) is 7.58. The molecule has 0 saturated carbocycles. The van der Waals surface area contributed by atoms with E-state index in [0.717, 1.165) is 25.7 Å². The monoisotopic (exact) mass is 296 g/mol. The lowest BCUT2D eigenvalue weighted by atomic mass is 9.88. The molecule has 0 spiro atoms. The highest BCUT2D eigenvalue weighted by Crippen LogP contribution is 2.31. The lowest BCUT2D eigenvalue weighted by Crippen LogP contribution is -2.66. The molecule has 21 heavy (non-hydrogen) atoms. The van der Waals surface area contributed by atoms with Crippen molar-refractivity contribution in [3.05, 3.63) is 0 Å². The first-order valence-corrected chi connectivity index (χ1v) is 8.00. The maximum Gasteiger partial charge on any atom is 0.245 e. The van der Waals surface area contributed by atoms with Crippen LogP contribution in [0.25, 0.3) is 0 Å². The number of hydrogen-bond acceptors (Lipinski definition) is 3. The van der Waals surface area contributed by atoms with E-state index < -0.39 is 11.0 Å². The molecule has 2 saturated heterocycles. The van der Waals surface area contributed by atoms with Crippen LogP contribution in [-0.2, 0) is 9.59 Å². The summed E-state index contributed by atoms with van der Waals surface area (Å²) < 4.78 is 0. The van der Waals surface area contributed by atoms with Crippen LogP contribution < -0.4 is 0 Å². The minimum atomic E-state index is -0.706. The van der Waals surface area contributed by atoms with Gasteiger partial charge in [0.2, 0.25) is 11.8 Å². The summed E-state index contributed by atoms with van der Waals surface area (Å²) in [4.78, 5) is 28.5. The number of likely N-dealkylation sites (tertiary alicyclic amines) is 2. The van der Waals surface area contributed by atoms with Gasteiger partial charge < -0.3 is 14.9 Å². The van der Waals surface area contributed by atoms with Crippen LogP contribution in [0.4, 0.5) is 0 Å². The molecule has 2 aliphatic heterocycles. The molecule has 2 fully saturated rings. The van der Waals surface area contributed by atoms with Crippen LogP contribution in [0.2, 0.25) is 0 Å². The Morgan fingerprint density at radius 3 is 2.43 bits per heavy atom. The quantitative estimate of drug-likeness (QED) is 0.856. The maximum atomic E-state index is 12.6. The fourth-order valence-electron chi connectivity index (χ4n) is 3.35. The summed E-state index contributed by atoms with van der Waals surface area (Å²) in [5.41, 5.74) is -1.16. The topological polar surface area (TPSA) is 60.9 Å². The van der Waals surface area contributed by atoms with Crippen molar-refractivity contribution in [2.75, 3.05) is 19.6 Å². The third-order valence-electron chi connectivity index (χ3n) is 4.44. The summed E-state index contributed by atoms with van der Waals surface area (Å²) in [7, 11) is 0. The highest BCUT2D eigenvalue weighted by atomic mass is 16.3. The van der Waals surface area contributed by atoms with Crippen molar-refractivity contribution in [2.24, 2.45) is 5.41 Å². The van der Waals surface area contributed by atoms with E-state index in [1.807, 2.05) is 27.7 Å². The summed E-state index contributed by atoms with van der Waals surface area (Å²) in [5, 5.41) is 10.2. The fraction of sp³-hybridized carbons (Fsp3) is 0.875. The van der Waals surface area contributed by atoms with E-state index in [2.05, 4.69) is 0 Å². The first-order valence-electron chi connectivity index (χ1n) is 8.00. The zero-order chi connectivity index (χ0) is 15.8. The van der Waals surface area contributed by atoms with Crippen molar-refractivity contribution in [3.63, 3.8) is 0 Å². The lowest BCUT2D eigenvalue weighted by Gasteiger charge is -2.48. The van der Waals surface area contributed by atoms with Crippen LogP contribution in [0.15, 0.2) is 0 Å². The minimum Gasteiger partial charge on any atom is -0.386 e. The van der Waals surface area contributed by atoms with Crippen LogP contribution >= 0.6 is 0 Å². The van der Waals surface area contributed by atoms with Crippen LogP contribution in [0.3, 0.4) is 0 Å². The van der Waals surface area contributed by atoms with Gasteiger partial charge in [-0.1, -0.05) is 34.1 Å². The Bertz CT molecular complexity index is 422. The molecule has 1 unspecified atom stereocenters. The molecule has 2 rings (SSSR count). The van der Waals surface area contributed by atoms with E-state index in [-0.39, 0.29) is 17.9 Å². The summed E-state index contributed by atoms with van der Waals surface area (Å²) in [6.45, 7) is 9.18. The predicted octanol–water partition coefficient (Wildman–Crippen LogP) is 1.40.